The zero-order chi connectivity index (χ0) is 16.7. The van der Waals surface area contributed by atoms with Crippen molar-refractivity contribution in [2.24, 2.45) is 0 Å². The predicted octanol–water partition coefficient (Wildman–Crippen LogP) is 2.61. The highest BCUT2D eigenvalue weighted by Gasteiger charge is 2.33. The van der Waals surface area contributed by atoms with Gasteiger partial charge in [0.05, 0.1) is 7.11 Å². The molecule has 1 aliphatic rings. The van der Waals surface area contributed by atoms with E-state index >= 15 is 0 Å². The number of rotatable bonds is 6. The van der Waals surface area contributed by atoms with Crippen LogP contribution >= 0.6 is 0 Å². The molecule has 3 amide bonds. The van der Waals surface area contributed by atoms with Gasteiger partial charge in [0.1, 0.15) is 11.8 Å². The summed E-state index contributed by atoms with van der Waals surface area (Å²) in [5.41, 5.74) is 0.659. The monoisotopic (exact) mass is 319 g/mol. The van der Waals surface area contributed by atoms with Crippen LogP contribution in [0.4, 0.5) is 10.5 Å². The molecular weight excluding hydrogens is 294 g/mol. The molecule has 126 valence electrons. The van der Waals surface area contributed by atoms with Gasteiger partial charge in [-0.1, -0.05) is 19.4 Å². The van der Waals surface area contributed by atoms with Crippen molar-refractivity contribution >= 4 is 17.6 Å². The number of carbonyl (C=O) groups is 2. The van der Waals surface area contributed by atoms with Gasteiger partial charge in [0.2, 0.25) is 5.91 Å². The number of nitrogens with one attached hydrogen (secondary N) is 2. The number of urea groups is 1. The van der Waals surface area contributed by atoms with Gasteiger partial charge in [-0.15, -0.1) is 0 Å². The molecule has 6 heteroatoms. The van der Waals surface area contributed by atoms with E-state index in [2.05, 4.69) is 17.6 Å². The largest absolute Gasteiger partial charge is 0.497 e. The number of hydrogen-bond acceptors (Lipinski definition) is 3. The van der Waals surface area contributed by atoms with Crippen molar-refractivity contribution in [1.29, 1.82) is 0 Å². The van der Waals surface area contributed by atoms with E-state index < -0.39 is 0 Å². The Balaban J connectivity index is 1.95. The van der Waals surface area contributed by atoms with Crippen LogP contribution in [0.2, 0.25) is 0 Å². The maximum atomic E-state index is 12.5. The molecular formula is C17H25N3O3. The third-order valence-electron chi connectivity index (χ3n) is 3.97. The lowest BCUT2D eigenvalue weighted by atomic mass is 10.2. The van der Waals surface area contributed by atoms with Crippen LogP contribution in [0.25, 0.3) is 0 Å². The zero-order valence-corrected chi connectivity index (χ0v) is 13.8. The molecule has 0 unspecified atom stereocenters. The van der Waals surface area contributed by atoms with Gasteiger partial charge in [-0.05, 0) is 31.4 Å². The Morgan fingerprint density at radius 2 is 2.22 bits per heavy atom. The van der Waals surface area contributed by atoms with E-state index in [-0.39, 0.29) is 18.0 Å². The predicted molar refractivity (Wildman–Crippen MR) is 89.7 cm³/mol. The first-order chi connectivity index (χ1) is 11.2. The number of unbranched alkanes of at least 4 members (excludes halogenated alkanes) is 1. The molecule has 1 saturated heterocycles. The van der Waals surface area contributed by atoms with Gasteiger partial charge in [0, 0.05) is 24.8 Å². The molecule has 2 N–H and O–H groups in total. The number of nitrogens with zero attached hydrogens (tertiary/aromatic N) is 1. The number of likely N-dealkylation sites (tertiary alicyclic amines) is 1. The molecule has 0 spiro atoms. The second kappa shape index (κ2) is 8.41. The van der Waals surface area contributed by atoms with Crippen LogP contribution in [0.15, 0.2) is 24.3 Å². The standard InChI is InChI=1S/C17H25N3O3/c1-3-4-10-18-16(21)15-9-6-11-20(15)17(22)19-13-7-5-8-14(12-13)23-2/h5,7-8,12,15H,3-4,6,9-11H2,1-2H3,(H,18,21)(H,19,22)/t15-/m0/s1. The van der Waals surface area contributed by atoms with Crippen molar-refractivity contribution in [2.45, 2.75) is 38.6 Å². The molecule has 1 aromatic rings. The molecule has 23 heavy (non-hydrogen) atoms. The number of hydrogen-bond donors (Lipinski definition) is 2. The number of anilines is 1. The van der Waals surface area contributed by atoms with Gasteiger partial charge in [-0.2, -0.15) is 0 Å². The van der Waals surface area contributed by atoms with E-state index in [9.17, 15) is 9.59 Å². The first-order valence-corrected chi connectivity index (χ1v) is 8.15. The highest BCUT2D eigenvalue weighted by atomic mass is 16.5. The minimum Gasteiger partial charge on any atom is -0.497 e. The van der Waals surface area contributed by atoms with E-state index in [4.69, 9.17) is 4.74 Å². The molecule has 1 fully saturated rings. The fourth-order valence-corrected chi connectivity index (χ4v) is 2.68. The Bertz CT molecular complexity index is 548. The Morgan fingerprint density at radius 3 is 2.96 bits per heavy atom. The molecule has 0 aliphatic carbocycles. The summed E-state index contributed by atoms with van der Waals surface area (Å²) in [6, 6.07) is 6.56. The van der Waals surface area contributed by atoms with E-state index in [1.54, 1.807) is 24.1 Å². The van der Waals surface area contributed by atoms with Gasteiger partial charge in [-0.25, -0.2) is 4.79 Å². The molecule has 1 heterocycles. The molecule has 2 rings (SSSR count). The lowest BCUT2D eigenvalue weighted by Crippen LogP contribution is -2.47. The molecule has 1 aliphatic heterocycles. The van der Waals surface area contributed by atoms with Crippen molar-refractivity contribution < 1.29 is 14.3 Å². The van der Waals surface area contributed by atoms with Crippen LogP contribution in [0, 0.1) is 0 Å². The Hall–Kier alpha value is -2.24. The van der Waals surface area contributed by atoms with Crippen molar-refractivity contribution in [3.05, 3.63) is 24.3 Å². The Labute approximate surface area is 137 Å². The summed E-state index contributed by atoms with van der Waals surface area (Å²) in [5.74, 6) is 0.620. The summed E-state index contributed by atoms with van der Waals surface area (Å²) in [6.45, 7) is 3.34. The summed E-state index contributed by atoms with van der Waals surface area (Å²) in [7, 11) is 1.58. The van der Waals surface area contributed by atoms with Crippen molar-refractivity contribution in [2.75, 3.05) is 25.5 Å². The Morgan fingerprint density at radius 1 is 1.39 bits per heavy atom. The highest BCUT2D eigenvalue weighted by molar-refractivity contribution is 5.94. The molecule has 0 saturated carbocycles. The van der Waals surface area contributed by atoms with Crippen molar-refractivity contribution in [1.82, 2.24) is 10.2 Å². The van der Waals surface area contributed by atoms with Crippen molar-refractivity contribution in [3.63, 3.8) is 0 Å². The van der Waals surface area contributed by atoms with Gasteiger partial charge in [0.15, 0.2) is 0 Å². The summed E-state index contributed by atoms with van der Waals surface area (Å²) in [5, 5.41) is 5.75. The average molecular weight is 319 g/mol. The van der Waals surface area contributed by atoms with Crippen LogP contribution in [-0.2, 0) is 4.79 Å². The van der Waals surface area contributed by atoms with Crippen LogP contribution in [-0.4, -0.2) is 43.1 Å². The van der Waals surface area contributed by atoms with Gasteiger partial charge in [0.25, 0.3) is 0 Å². The average Bonchev–Trinajstić information content (AvgIpc) is 3.05. The second-order valence-corrected chi connectivity index (χ2v) is 5.66. The van der Waals surface area contributed by atoms with Gasteiger partial charge < -0.3 is 20.3 Å². The lowest BCUT2D eigenvalue weighted by molar-refractivity contribution is -0.124. The number of amides is 3. The third kappa shape index (κ3) is 4.61. The molecule has 0 aromatic heterocycles. The topological polar surface area (TPSA) is 70.7 Å². The first-order valence-electron chi connectivity index (χ1n) is 8.15. The lowest BCUT2D eigenvalue weighted by Gasteiger charge is -2.24. The smallest absolute Gasteiger partial charge is 0.322 e. The van der Waals surface area contributed by atoms with Gasteiger partial charge in [-0.3, -0.25) is 4.79 Å². The number of ether oxygens (including phenoxy) is 1. The number of benzene rings is 1. The van der Waals surface area contributed by atoms with Crippen LogP contribution in [0.3, 0.4) is 0 Å². The highest BCUT2D eigenvalue weighted by Crippen LogP contribution is 2.21. The van der Waals surface area contributed by atoms with Gasteiger partial charge >= 0.3 is 6.03 Å². The summed E-state index contributed by atoms with van der Waals surface area (Å²) in [4.78, 5) is 26.3. The number of methoxy groups -OCH3 is 1. The zero-order valence-electron chi connectivity index (χ0n) is 13.8. The quantitative estimate of drug-likeness (QED) is 0.792. The fraction of sp³-hybridized carbons (Fsp3) is 0.529. The molecule has 1 aromatic carbocycles. The molecule has 0 radical (unpaired) electrons. The van der Waals surface area contributed by atoms with E-state index in [0.717, 1.165) is 19.3 Å². The van der Waals surface area contributed by atoms with Crippen LogP contribution in [0.1, 0.15) is 32.6 Å². The summed E-state index contributed by atoms with van der Waals surface area (Å²) >= 11 is 0. The van der Waals surface area contributed by atoms with Crippen LogP contribution < -0.4 is 15.4 Å². The second-order valence-electron chi connectivity index (χ2n) is 5.66. The molecule has 6 nitrogen and oxygen atoms in total. The maximum Gasteiger partial charge on any atom is 0.322 e. The molecule has 1 atom stereocenters. The SMILES string of the molecule is CCCCNC(=O)[C@@H]1CCCN1C(=O)Nc1cccc(OC)c1. The minimum atomic E-state index is -0.377. The van der Waals surface area contributed by atoms with E-state index in [1.165, 1.54) is 0 Å². The number of carbonyl (C=O) groups excluding carboxylic acids is 2. The van der Waals surface area contributed by atoms with E-state index in [1.807, 2.05) is 12.1 Å². The molecule has 0 bridgehead atoms. The third-order valence-corrected chi connectivity index (χ3v) is 3.97. The first kappa shape index (κ1) is 17.1. The fourth-order valence-electron chi connectivity index (χ4n) is 2.68. The van der Waals surface area contributed by atoms with E-state index in [0.29, 0.717) is 30.9 Å². The minimum absolute atomic E-state index is 0.0586. The summed E-state index contributed by atoms with van der Waals surface area (Å²) in [6.07, 6.45) is 3.54. The van der Waals surface area contributed by atoms with Crippen molar-refractivity contribution in [3.8, 4) is 5.75 Å². The Kier molecular flexibility index (Phi) is 6.26. The normalized spacial score (nSPS) is 17.0. The van der Waals surface area contributed by atoms with Crippen LogP contribution in [0.5, 0.6) is 5.75 Å². The summed E-state index contributed by atoms with van der Waals surface area (Å²) < 4.78 is 5.15. The maximum absolute atomic E-state index is 12.5.